The molecule has 0 bridgehead atoms. The van der Waals surface area contributed by atoms with E-state index >= 15 is 0 Å². The number of nitrogens with two attached hydrogens (primary N) is 1. The van der Waals surface area contributed by atoms with E-state index in [9.17, 15) is 4.79 Å². The molecular formula is C12H16N2O2. The van der Waals surface area contributed by atoms with Gasteiger partial charge in [-0.15, -0.1) is 0 Å². The highest BCUT2D eigenvalue weighted by Gasteiger charge is 2.40. The summed E-state index contributed by atoms with van der Waals surface area (Å²) in [5, 5.41) is 2.91. The molecule has 2 rings (SSSR count). The lowest BCUT2D eigenvalue weighted by Gasteiger charge is -2.42. The summed E-state index contributed by atoms with van der Waals surface area (Å²) in [6, 6.07) is 7.64. The third-order valence-electron chi connectivity index (χ3n) is 3.20. The van der Waals surface area contributed by atoms with Gasteiger partial charge in [-0.05, 0) is 37.0 Å². The van der Waals surface area contributed by atoms with Gasteiger partial charge in [0.25, 0.3) is 0 Å². The fourth-order valence-electron chi connectivity index (χ4n) is 2.06. The Labute approximate surface area is 94.8 Å². The van der Waals surface area contributed by atoms with Crippen molar-refractivity contribution in [2.24, 2.45) is 0 Å². The Morgan fingerprint density at radius 2 is 2.00 bits per heavy atom. The lowest BCUT2D eigenvalue weighted by molar-refractivity contribution is 0.128. The van der Waals surface area contributed by atoms with E-state index in [0.29, 0.717) is 0 Å². The van der Waals surface area contributed by atoms with Crippen molar-refractivity contribution in [2.45, 2.75) is 24.8 Å². The number of benzene rings is 1. The number of nitrogens with one attached hydrogen (secondary N) is 1. The highest BCUT2D eigenvalue weighted by molar-refractivity contribution is 5.69. The zero-order valence-corrected chi connectivity index (χ0v) is 9.32. The number of rotatable bonds is 2. The van der Waals surface area contributed by atoms with Gasteiger partial charge < -0.3 is 15.8 Å². The van der Waals surface area contributed by atoms with Crippen molar-refractivity contribution in [1.82, 2.24) is 5.32 Å². The topological polar surface area (TPSA) is 64.3 Å². The molecule has 4 nitrogen and oxygen atoms in total. The van der Waals surface area contributed by atoms with Gasteiger partial charge in [-0.1, -0.05) is 12.1 Å². The summed E-state index contributed by atoms with van der Waals surface area (Å²) >= 11 is 0. The predicted molar refractivity (Wildman–Crippen MR) is 61.9 cm³/mol. The third-order valence-corrected chi connectivity index (χ3v) is 3.20. The molecule has 1 aliphatic rings. The molecule has 1 fully saturated rings. The lowest BCUT2D eigenvalue weighted by Crippen LogP contribution is -2.50. The van der Waals surface area contributed by atoms with Gasteiger partial charge in [0.1, 0.15) is 0 Å². The molecule has 4 heteroatoms. The van der Waals surface area contributed by atoms with Gasteiger partial charge in [0.15, 0.2) is 0 Å². The molecule has 1 amide bonds. The van der Waals surface area contributed by atoms with Crippen LogP contribution in [-0.4, -0.2) is 13.2 Å². The normalized spacial score (nSPS) is 17.3. The molecule has 86 valence electrons. The fraction of sp³-hybridized carbons (Fsp3) is 0.417. The molecule has 0 aromatic heterocycles. The molecule has 0 unspecified atom stereocenters. The molecule has 0 spiro atoms. The Morgan fingerprint density at radius 1 is 1.38 bits per heavy atom. The van der Waals surface area contributed by atoms with E-state index in [0.717, 1.165) is 30.5 Å². The van der Waals surface area contributed by atoms with Crippen LogP contribution in [-0.2, 0) is 10.3 Å². The second kappa shape index (κ2) is 4.04. The van der Waals surface area contributed by atoms with Gasteiger partial charge in [-0.3, -0.25) is 0 Å². The first kappa shape index (κ1) is 10.8. The van der Waals surface area contributed by atoms with E-state index in [1.165, 1.54) is 7.11 Å². The lowest BCUT2D eigenvalue weighted by atomic mass is 9.72. The molecule has 0 atom stereocenters. The number of anilines is 1. The van der Waals surface area contributed by atoms with Crippen LogP contribution < -0.4 is 11.1 Å². The van der Waals surface area contributed by atoms with Gasteiger partial charge >= 0.3 is 6.09 Å². The smallest absolute Gasteiger partial charge is 0.407 e. The Hall–Kier alpha value is -1.71. The van der Waals surface area contributed by atoms with Crippen LogP contribution in [0.2, 0.25) is 0 Å². The molecule has 1 aromatic rings. The zero-order chi connectivity index (χ0) is 11.6. The molecule has 0 saturated heterocycles. The van der Waals surface area contributed by atoms with Gasteiger partial charge in [-0.25, -0.2) is 4.79 Å². The molecule has 0 heterocycles. The number of carbonyl (C=O) groups excluding carboxylic acids is 1. The second-order valence-corrected chi connectivity index (χ2v) is 4.17. The predicted octanol–water partition coefficient (Wildman–Crippen LogP) is 2.00. The SMILES string of the molecule is COC(=O)NC1(c2ccc(N)cc2)CCC1. The maximum Gasteiger partial charge on any atom is 0.407 e. The summed E-state index contributed by atoms with van der Waals surface area (Å²) in [5.41, 5.74) is 7.22. The molecule has 1 aliphatic carbocycles. The fourth-order valence-corrected chi connectivity index (χ4v) is 2.06. The Bertz CT molecular complexity index is 383. The van der Waals surface area contributed by atoms with Crippen LogP contribution >= 0.6 is 0 Å². The van der Waals surface area contributed by atoms with Crippen molar-refractivity contribution in [3.05, 3.63) is 29.8 Å². The van der Waals surface area contributed by atoms with E-state index in [2.05, 4.69) is 10.1 Å². The Balaban J connectivity index is 2.21. The first-order chi connectivity index (χ1) is 7.66. The third kappa shape index (κ3) is 1.83. The summed E-state index contributed by atoms with van der Waals surface area (Å²) in [5.74, 6) is 0. The summed E-state index contributed by atoms with van der Waals surface area (Å²) < 4.78 is 4.65. The van der Waals surface area contributed by atoms with Crippen LogP contribution in [0.4, 0.5) is 10.5 Å². The standard InChI is InChI=1S/C12H16N2O2/c1-16-11(15)14-12(7-2-8-12)9-3-5-10(13)6-4-9/h3-6H,2,7-8,13H2,1H3,(H,14,15). The number of carbonyl (C=O) groups is 1. The van der Waals surface area contributed by atoms with Crippen LogP contribution in [0.5, 0.6) is 0 Å². The number of amides is 1. The molecule has 3 N–H and O–H groups in total. The Kier molecular flexibility index (Phi) is 2.73. The Morgan fingerprint density at radius 3 is 2.44 bits per heavy atom. The number of methoxy groups -OCH3 is 1. The van der Waals surface area contributed by atoms with E-state index < -0.39 is 0 Å². The quantitative estimate of drug-likeness (QED) is 0.749. The van der Waals surface area contributed by atoms with Crippen molar-refractivity contribution >= 4 is 11.8 Å². The van der Waals surface area contributed by atoms with Crippen molar-refractivity contribution in [3.8, 4) is 0 Å². The largest absolute Gasteiger partial charge is 0.453 e. The summed E-state index contributed by atoms with van der Waals surface area (Å²) in [4.78, 5) is 11.3. The summed E-state index contributed by atoms with van der Waals surface area (Å²) in [6.07, 6.45) is 2.64. The number of nitrogen functional groups attached to an aromatic ring is 1. The number of ether oxygens (including phenoxy) is 1. The van der Waals surface area contributed by atoms with Crippen LogP contribution in [0.3, 0.4) is 0 Å². The van der Waals surface area contributed by atoms with Gasteiger partial charge in [0.2, 0.25) is 0 Å². The monoisotopic (exact) mass is 220 g/mol. The van der Waals surface area contributed by atoms with E-state index in [4.69, 9.17) is 5.73 Å². The minimum Gasteiger partial charge on any atom is -0.453 e. The highest BCUT2D eigenvalue weighted by atomic mass is 16.5. The molecule has 0 aliphatic heterocycles. The molecule has 16 heavy (non-hydrogen) atoms. The zero-order valence-electron chi connectivity index (χ0n) is 9.32. The van der Waals surface area contributed by atoms with E-state index in [-0.39, 0.29) is 11.6 Å². The average molecular weight is 220 g/mol. The van der Waals surface area contributed by atoms with Gasteiger partial charge in [0.05, 0.1) is 12.6 Å². The minimum absolute atomic E-state index is 0.249. The summed E-state index contributed by atoms with van der Waals surface area (Å²) in [7, 11) is 1.38. The highest BCUT2D eigenvalue weighted by Crippen LogP contribution is 2.41. The number of alkyl carbamates (subject to hydrolysis) is 1. The number of hydrogen-bond acceptors (Lipinski definition) is 3. The first-order valence-corrected chi connectivity index (χ1v) is 5.38. The van der Waals surface area contributed by atoms with E-state index in [1.807, 2.05) is 24.3 Å². The van der Waals surface area contributed by atoms with Crippen molar-refractivity contribution in [3.63, 3.8) is 0 Å². The summed E-state index contributed by atoms with van der Waals surface area (Å²) in [6.45, 7) is 0. The van der Waals surface area contributed by atoms with Crippen LogP contribution in [0.25, 0.3) is 0 Å². The average Bonchev–Trinajstić information content (AvgIpc) is 2.24. The molecule has 0 radical (unpaired) electrons. The molecular weight excluding hydrogens is 204 g/mol. The minimum atomic E-state index is -0.378. The molecule has 1 saturated carbocycles. The van der Waals surface area contributed by atoms with E-state index in [1.54, 1.807) is 0 Å². The van der Waals surface area contributed by atoms with Crippen LogP contribution in [0, 0.1) is 0 Å². The van der Waals surface area contributed by atoms with Crippen LogP contribution in [0.15, 0.2) is 24.3 Å². The second-order valence-electron chi connectivity index (χ2n) is 4.17. The van der Waals surface area contributed by atoms with Crippen molar-refractivity contribution in [2.75, 3.05) is 12.8 Å². The maximum atomic E-state index is 11.3. The van der Waals surface area contributed by atoms with Crippen molar-refractivity contribution in [1.29, 1.82) is 0 Å². The molecule has 1 aromatic carbocycles. The van der Waals surface area contributed by atoms with Gasteiger partial charge in [-0.2, -0.15) is 0 Å². The van der Waals surface area contributed by atoms with Crippen molar-refractivity contribution < 1.29 is 9.53 Å². The first-order valence-electron chi connectivity index (χ1n) is 5.38. The maximum absolute atomic E-state index is 11.3. The number of hydrogen-bond donors (Lipinski definition) is 2. The van der Waals surface area contributed by atoms with Gasteiger partial charge in [0, 0.05) is 5.69 Å². The van der Waals surface area contributed by atoms with Crippen LogP contribution in [0.1, 0.15) is 24.8 Å².